The lowest BCUT2D eigenvalue weighted by Crippen LogP contribution is -2.47. The Balaban J connectivity index is 1.97. The van der Waals surface area contributed by atoms with Gasteiger partial charge in [0.1, 0.15) is 4.21 Å². The number of likely N-dealkylation sites (N-methyl/N-ethyl adjacent to an activating group) is 1. The van der Waals surface area contributed by atoms with Crippen LogP contribution in [-0.4, -0.2) is 38.3 Å². The molecule has 1 amide bonds. The van der Waals surface area contributed by atoms with Crippen LogP contribution in [0.15, 0.2) is 16.3 Å². The quantitative estimate of drug-likeness (QED) is 0.856. The van der Waals surface area contributed by atoms with Crippen molar-refractivity contribution in [2.45, 2.75) is 43.4 Å². The second-order valence-electron chi connectivity index (χ2n) is 6.26. The minimum Gasteiger partial charge on any atom is -0.352 e. The van der Waals surface area contributed by atoms with Crippen LogP contribution >= 0.6 is 22.9 Å². The highest BCUT2D eigenvalue weighted by molar-refractivity contribution is 7.91. The van der Waals surface area contributed by atoms with Gasteiger partial charge in [-0.25, -0.2) is 8.42 Å². The maximum absolute atomic E-state index is 12.4. The summed E-state index contributed by atoms with van der Waals surface area (Å²) in [5.74, 6) is 0.721. The smallest absolute Gasteiger partial charge is 0.252 e. The van der Waals surface area contributed by atoms with E-state index in [4.69, 9.17) is 11.6 Å². The summed E-state index contributed by atoms with van der Waals surface area (Å²) >= 11 is 6.78. The van der Waals surface area contributed by atoms with E-state index < -0.39 is 10.0 Å². The van der Waals surface area contributed by atoms with Gasteiger partial charge in [0, 0.05) is 13.1 Å². The summed E-state index contributed by atoms with van der Waals surface area (Å²) in [6, 6.07) is 3.12. The molecule has 2 rings (SSSR count). The van der Waals surface area contributed by atoms with Crippen LogP contribution in [-0.2, 0) is 14.8 Å². The summed E-state index contributed by atoms with van der Waals surface area (Å²) in [7, 11) is -2.26. The molecular weight excluding hydrogens is 356 g/mol. The summed E-state index contributed by atoms with van der Waals surface area (Å²) in [5.41, 5.74) is 0. The Bertz CT molecular complexity index is 659. The van der Waals surface area contributed by atoms with Crippen LogP contribution in [0, 0.1) is 11.8 Å². The van der Waals surface area contributed by atoms with E-state index in [9.17, 15) is 13.2 Å². The number of hydrogen-bond donors (Lipinski definition) is 1. The molecule has 1 aromatic rings. The monoisotopic (exact) mass is 378 g/mol. The molecule has 3 unspecified atom stereocenters. The third-order valence-corrected chi connectivity index (χ3v) is 8.13. The van der Waals surface area contributed by atoms with Gasteiger partial charge in [0.25, 0.3) is 10.0 Å². The van der Waals surface area contributed by atoms with Gasteiger partial charge in [0.05, 0.1) is 10.9 Å². The topological polar surface area (TPSA) is 66.5 Å². The number of amides is 1. The Kier molecular flexibility index (Phi) is 6.10. The van der Waals surface area contributed by atoms with Crippen molar-refractivity contribution in [3.63, 3.8) is 0 Å². The van der Waals surface area contributed by atoms with E-state index in [0.29, 0.717) is 16.2 Å². The minimum atomic E-state index is -3.67. The van der Waals surface area contributed by atoms with Crippen molar-refractivity contribution in [1.29, 1.82) is 0 Å². The summed E-state index contributed by atoms with van der Waals surface area (Å²) < 4.78 is 26.4. The van der Waals surface area contributed by atoms with Gasteiger partial charge in [-0.3, -0.25) is 4.79 Å². The van der Waals surface area contributed by atoms with E-state index in [-0.39, 0.29) is 22.7 Å². The molecule has 0 aliphatic heterocycles. The third kappa shape index (κ3) is 4.47. The van der Waals surface area contributed by atoms with Crippen molar-refractivity contribution in [2.75, 3.05) is 13.6 Å². The Morgan fingerprint density at radius 3 is 2.70 bits per heavy atom. The molecule has 23 heavy (non-hydrogen) atoms. The van der Waals surface area contributed by atoms with Crippen molar-refractivity contribution < 1.29 is 13.2 Å². The van der Waals surface area contributed by atoms with E-state index in [1.807, 2.05) is 0 Å². The molecule has 3 atom stereocenters. The highest BCUT2D eigenvalue weighted by Crippen LogP contribution is 2.30. The van der Waals surface area contributed by atoms with Crippen molar-refractivity contribution in [1.82, 2.24) is 9.62 Å². The fourth-order valence-corrected chi connectivity index (χ4v) is 5.74. The number of thiophene rings is 1. The summed E-state index contributed by atoms with van der Waals surface area (Å²) in [6.07, 6.45) is 3.23. The largest absolute Gasteiger partial charge is 0.352 e. The highest BCUT2D eigenvalue weighted by atomic mass is 35.5. The van der Waals surface area contributed by atoms with Gasteiger partial charge in [-0.05, 0) is 30.4 Å². The molecule has 1 saturated carbocycles. The van der Waals surface area contributed by atoms with Gasteiger partial charge in [-0.15, -0.1) is 11.3 Å². The first kappa shape index (κ1) is 18.7. The maximum atomic E-state index is 12.4. The molecule has 1 aliphatic carbocycles. The normalized spacial score (nSPS) is 25.5. The number of hydrogen-bond acceptors (Lipinski definition) is 4. The van der Waals surface area contributed by atoms with E-state index in [1.165, 1.54) is 25.6 Å². The summed E-state index contributed by atoms with van der Waals surface area (Å²) in [4.78, 5) is 12.2. The van der Waals surface area contributed by atoms with E-state index >= 15 is 0 Å². The summed E-state index contributed by atoms with van der Waals surface area (Å²) in [6.45, 7) is 4.15. The number of sulfonamides is 1. The average Bonchev–Trinajstić information content (AvgIpc) is 2.91. The molecule has 1 fully saturated rings. The first-order valence-corrected chi connectivity index (χ1v) is 10.4. The van der Waals surface area contributed by atoms with Gasteiger partial charge in [-0.1, -0.05) is 38.3 Å². The zero-order chi connectivity index (χ0) is 17.2. The fraction of sp³-hybridized carbons (Fsp3) is 0.667. The molecule has 8 heteroatoms. The van der Waals surface area contributed by atoms with Crippen molar-refractivity contribution in [3.8, 4) is 0 Å². The Hall–Kier alpha value is -0.630. The minimum absolute atomic E-state index is 0.124. The van der Waals surface area contributed by atoms with Crippen molar-refractivity contribution in [2.24, 2.45) is 11.8 Å². The van der Waals surface area contributed by atoms with Crippen LogP contribution in [0.2, 0.25) is 4.34 Å². The molecule has 0 spiro atoms. The number of nitrogens with zero attached hydrogens (tertiary/aromatic N) is 1. The lowest BCUT2D eigenvalue weighted by atomic mass is 9.78. The average molecular weight is 379 g/mol. The molecule has 0 bridgehead atoms. The number of nitrogens with one attached hydrogen (secondary N) is 1. The Morgan fingerprint density at radius 2 is 2.09 bits per heavy atom. The Labute approximate surface area is 147 Å². The molecule has 1 aromatic heterocycles. The molecular formula is C15H23ClN2O3S2. The molecule has 0 radical (unpaired) electrons. The van der Waals surface area contributed by atoms with Gasteiger partial charge in [-0.2, -0.15) is 4.31 Å². The zero-order valence-electron chi connectivity index (χ0n) is 13.6. The van der Waals surface area contributed by atoms with Gasteiger partial charge < -0.3 is 5.32 Å². The molecule has 1 heterocycles. The second-order valence-corrected chi connectivity index (χ2v) is 10.2. The molecule has 1 N–H and O–H groups in total. The van der Waals surface area contributed by atoms with Crippen LogP contribution < -0.4 is 5.32 Å². The first-order valence-electron chi connectivity index (χ1n) is 7.73. The van der Waals surface area contributed by atoms with Crippen LogP contribution in [0.25, 0.3) is 0 Å². The standard InChI is InChI=1S/C15H23ClN2O3S2/c1-10-5-4-6-12(11(10)2)17-14(19)9-18(3)23(20,21)15-8-7-13(16)22-15/h7-8,10-12H,4-6,9H2,1-3H3,(H,17,19). The van der Waals surface area contributed by atoms with Crippen molar-refractivity contribution >= 4 is 38.9 Å². The van der Waals surface area contributed by atoms with Crippen LogP contribution in [0.1, 0.15) is 33.1 Å². The van der Waals surface area contributed by atoms with E-state index in [1.54, 1.807) is 0 Å². The van der Waals surface area contributed by atoms with E-state index in [0.717, 1.165) is 28.5 Å². The maximum Gasteiger partial charge on any atom is 0.252 e. The molecule has 0 saturated heterocycles. The molecule has 130 valence electrons. The number of carbonyl (C=O) groups is 1. The van der Waals surface area contributed by atoms with E-state index in [2.05, 4.69) is 19.2 Å². The van der Waals surface area contributed by atoms with Gasteiger partial charge in [0.15, 0.2) is 0 Å². The fourth-order valence-electron chi connectivity index (χ4n) is 2.92. The molecule has 0 aromatic carbocycles. The number of halogens is 1. The summed E-state index contributed by atoms with van der Waals surface area (Å²) in [5, 5.41) is 2.99. The SMILES string of the molecule is CC1CCCC(NC(=O)CN(C)S(=O)(=O)c2ccc(Cl)s2)C1C. The zero-order valence-corrected chi connectivity index (χ0v) is 16.0. The second kappa shape index (κ2) is 7.51. The lowest BCUT2D eigenvalue weighted by Gasteiger charge is -2.34. The third-order valence-electron chi connectivity index (χ3n) is 4.63. The number of rotatable bonds is 5. The molecule has 1 aliphatic rings. The lowest BCUT2D eigenvalue weighted by molar-refractivity contribution is -0.122. The number of carbonyl (C=O) groups excluding carboxylic acids is 1. The van der Waals surface area contributed by atoms with Gasteiger partial charge in [0.2, 0.25) is 5.91 Å². The Morgan fingerprint density at radius 1 is 1.39 bits per heavy atom. The van der Waals surface area contributed by atoms with Crippen LogP contribution in [0.3, 0.4) is 0 Å². The van der Waals surface area contributed by atoms with Crippen LogP contribution in [0.4, 0.5) is 0 Å². The van der Waals surface area contributed by atoms with Crippen LogP contribution in [0.5, 0.6) is 0 Å². The van der Waals surface area contributed by atoms with Crippen molar-refractivity contribution in [3.05, 3.63) is 16.5 Å². The predicted molar refractivity (Wildman–Crippen MR) is 93.3 cm³/mol. The van der Waals surface area contributed by atoms with Gasteiger partial charge >= 0.3 is 0 Å². The first-order chi connectivity index (χ1) is 10.7. The predicted octanol–water partition coefficient (Wildman–Crippen LogP) is 2.96. The highest BCUT2D eigenvalue weighted by Gasteiger charge is 2.30. The molecule has 5 nitrogen and oxygen atoms in total.